The van der Waals surface area contributed by atoms with E-state index in [4.69, 9.17) is 0 Å². The van der Waals surface area contributed by atoms with E-state index in [9.17, 15) is 33.8 Å². The van der Waals surface area contributed by atoms with Gasteiger partial charge >= 0.3 is 15.2 Å². The Balaban J connectivity index is 2.41. The van der Waals surface area contributed by atoms with Gasteiger partial charge in [-0.1, -0.05) is 24.3 Å². The molecule has 0 aromatic heterocycles. The van der Waals surface area contributed by atoms with Gasteiger partial charge in [0.1, 0.15) is 0 Å². The zero-order chi connectivity index (χ0) is 15.9. The molecule has 0 spiro atoms. The number of rotatable bonds is 4. The maximum absolute atomic E-state index is 11.4. The third kappa shape index (κ3) is 3.13. The summed E-state index contributed by atoms with van der Waals surface area (Å²) in [6.07, 6.45) is -0.0878. The van der Waals surface area contributed by atoms with Gasteiger partial charge in [0.15, 0.2) is 0 Å². The molecule has 1 aliphatic rings. The van der Waals surface area contributed by atoms with E-state index in [1.807, 2.05) is 6.07 Å². The van der Waals surface area contributed by atoms with Crippen LogP contribution in [0.25, 0.3) is 0 Å². The monoisotopic (exact) mass is 337 g/mol. The highest BCUT2D eigenvalue weighted by atomic mass is 31.2. The quantitative estimate of drug-likeness (QED) is 0.429. The Bertz CT molecular complexity index is 601. The molecule has 1 unspecified atom stereocenters. The first-order valence-corrected chi connectivity index (χ1v) is 9.43. The van der Waals surface area contributed by atoms with Gasteiger partial charge in [-0.3, -0.25) is 9.13 Å². The van der Waals surface area contributed by atoms with Gasteiger partial charge in [0.25, 0.3) is 5.08 Å². The van der Waals surface area contributed by atoms with E-state index < -0.39 is 32.7 Å². The first kappa shape index (κ1) is 16.8. The average Bonchev–Trinajstić information content (AvgIpc) is 2.36. The first-order valence-electron chi connectivity index (χ1n) is 6.21. The van der Waals surface area contributed by atoms with Gasteiger partial charge < -0.3 is 30.0 Å². The van der Waals surface area contributed by atoms with Crippen LogP contribution in [0.3, 0.4) is 0 Å². The summed E-state index contributed by atoms with van der Waals surface area (Å²) in [5.74, 6) is 0. The van der Waals surface area contributed by atoms with Crippen LogP contribution in [0.4, 0.5) is 0 Å². The number of benzene rings is 1. The Kier molecular flexibility index (Phi) is 4.46. The smallest absolute Gasteiger partial charge is 0.367 e. The summed E-state index contributed by atoms with van der Waals surface area (Å²) in [6.45, 7) is 0.486. The molecule has 0 fully saturated rings. The lowest BCUT2D eigenvalue weighted by Crippen LogP contribution is -2.38. The fourth-order valence-electron chi connectivity index (χ4n) is 2.46. The van der Waals surface area contributed by atoms with Crippen LogP contribution in [0.1, 0.15) is 23.6 Å². The van der Waals surface area contributed by atoms with Crippen molar-refractivity contribution in [1.82, 2.24) is 5.32 Å². The van der Waals surface area contributed by atoms with Crippen molar-refractivity contribution < 1.29 is 33.8 Å². The lowest BCUT2D eigenvalue weighted by molar-refractivity contribution is 0.111. The van der Waals surface area contributed by atoms with E-state index in [-0.39, 0.29) is 0 Å². The van der Waals surface area contributed by atoms with Crippen LogP contribution in [0, 0.1) is 0 Å². The van der Waals surface area contributed by atoms with Gasteiger partial charge in [0.05, 0.1) is 0 Å². The lowest BCUT2D eigenvalue weighted by atomic mass is 9.93. The molecule has 1 aromatic carbocycles. The Labute approximate surface area is 121 Å². The molecule has 2 rings (SSSR count). The molecular formula is C11H17NO7P2. The maximum Gasteiger partial charge on any atom is 0.369 e. The molecule has 6 N–H and O–H groups in total. The summed E-state index contributed by atoms with van der Waals surface area (Å²) >= 11 is 0. The Morgan fingerprint density at radius 2 is 1.71 bits per heavy atom. The minimum Gasteiger partial charge on any atom is -0.367 e. The Hall–Kier alpha value is -0.560. The van der Waals surface area contributed by atoms with Crippen LogP contribution in [0.2, 0.25) is 0 Å². The fourth-order valence-corrected chi connectivity index (χ4v) is 4.65. The summed E-state index contributed by atoms with van der Waals surface area (Å²) < 4.78 is 22.8. The summed E-state index contributed by atoms with van der Waals surface area (Å²) in [7, 11) is -10.9. The third-order valence-corrected chi connectivity index (χ3v) is 7.42. The van der Waals surface area contributed by atoms with Crippen molar-refractivity contribution in [2.45, 2.75) is 24.0 Å². The van der Waals surface area contributed by atoms with Crippen molar-refractivity contribution in [3.05, 3.63) is 35.4 Å². The molecule has 21 heavy (non-hydrogen) atoms. The van der Waals surface area contributed by atoms with E-state index in [0.29, 0.717) is 18.5 Å². The van der Waals surface area contributed by atoms with E-state index >= 15 is 0 Å². The molecular weight excluding hydrogens is 320 g/mol. The zero-order valence-corrected chi connectivity index (χ0v) is 12.7. The molecule has 0 radical (unpaired) electrons. The maximum atomic E-state index is 11.4. The largest absolute Gasteiger partial charge is 0.369 e. The van der Waals surface area contributed by atoms with Gasteiger partial charge in [-0.25, -0.2) is 0 Å². The molecule has 1 heterocycles. The van der Waals surface area contributed by atoms with Crippen LogP contribution in [-0.2, 0) is 15.6 Å². The van der Waals surface area contributed by atoms with E-state index in [1.165, 1.54) is 0 Å². The van der Waals surface area contributed by atoms with Crippen LogP contribution >= 0.6 is 15.2 Å². The molecule has 0 amide bonds. The van der Waals surface area contributed by atoms with Crippen molar-refractivity contribution in [1.29, 1.82) is 0 Å². The molecule has 0 saturated carbocycles. The predicted molar refractivity (Wildman–Crippen MR) is 74.5 cm³/mol. The number of aliphatic hydroxyl groups is 1. The van der Waals surface area contributed by atoms with Crippen molar-refractivity contribution >= 4 is 15.2 Å². The van der Waals surface area contributed by atoms with Crippen molar-refractivity contribution in [3.63, 3.8) is 0 Å². The number of fused-ring (bicyclic) bond motifs is 1. The SMILES string of the molecule is O=P(O)(O)C(O)(CC1NCCc2ccccc21)P(=O)(O)O. The second-order valence-corrected chi connectivity index (χ2v) is 9.03. The van der Waals surface area contributed by atoms with Crippen LogP contribution in [0.15, 0.2) is 24.3 Å². The van der Waals surface area contributed by atoms with Gasteiger partial charge in [0.2, 0.25) is 0 Å². The van der Waals surface area contributed by atoms with Crippen LogP contribution in [0.5, 0.6) is 0 Å². The molecule has 0 bridgehead atoms. The fraction of sp³-hybridized carbons (Fsp3) is 0.455. The highest BCUT2D eigenvalue weighted by molar-refractivity contribution is 7.72. The first-order chi connectivity index (χ1) is 9.56. The second kappa shape index (κ2) is 5.57. The predicted octanol–water partition coefficient (Wildman–Crippen LogP) is 0.265. The number of nitrogens with one attached hydrogen (secondary N) is 1. The normalized spacial score (nSPS) is 20.1. The molecule has 10 heteroatoms. The summed E-state index contributed by atoms with van der Waals surface area (Å²) in [6, 6.07) is 6.30. The number of hydrogen-bond acceptors (Lipinski definition) is 4. The van der Waals surface area contributed by atoms with Crippen LogP contribution < -0.4 is 5.32 Å². The summed E-state index contributed by atoms with van der Waals surface area (Å²) in [5, 5.41) is 9.52. The highest BCUT2D eigenvalue weighted by Gasteiger charge is 2.60. The van der Waals surface area contributed by atoms with E-state index in [1.54, 1.807) is 18.2 Å². The van der Waals surface area contributed by atoms with E-state index in [0.717, 1.165) is 5.56 Å². The standard InChI is InChI=1S/C11H17NO7P2/c13-11(20(14,15)16,21(17,18)19)7-10-9-4-2-1-3-8(9)5-6-12-10/h1-4,10,12-13H,5-7H2,(H2,14,15,16)(H2,17,18,19). The second-order valence-electron chi connectivity index (χ2n) is 5.02. The molecule has 1 aromatic rings. The number of hydrogen-bond donors (Lipinski definition) is 6. The Morgan fingerprint density at radius 3 is 2.29 bits per heavy atom. The topological polar surface area (TPSA) is 147 Å². The molecule has 1 aliphatic heterocycles. The summed E-state index contributed by atoms with van der Waals surface area (Å²) in [4.78, 5) is 36.8. The highest BCUT2D eigenvalue weighted by Crippen LogP contribution is 2.70. The van der Waals surface area contributed by atoms with Gasteiger partial charge in [-0.15, -0.1) is 0 Å². The Morgan fingerprint density at radius 1 is 1.14 bits per heavy atom. The van der Waals surface area contributed by atoms with Crippen molar-refractivity contribution in [2.24, 2.45) is 0 Å². The molecule has 0 aliphatic carbocycles. The minimum absolute atomic E-state index is 0.486. The average molecular weight is 337 g/mol. The molecule has 1 atom stereocenters. The molecule has 118 valence electrons. The van der Waals surface area contributed by atoms with Crippen molar-refractivity contribution in [3.8, 4) is 0 Å². The molecule has 8 nitrogen and oxygen atoms in total. The third-order valence-electron chi connectivity index (χ3n) is 3.63. The van der Waals surface area contributed by atoms with Gasteiger partial charge in [0, 0.05) is 12.5 Å². The van der Waals surface area contributed by atoms with Gasteiger partial charge in [-0.05, 0) is 24.1 Å². The molecule has 0 saturated heterocycles. The van der Waals surface area contributed by atoms with Crippen molar-refractivity contribution in [2.75, 3.05) is 6.54 Å². The van der Waals surface area contributed by atoms with Gasteiger partial charge in [-0.2, -0.15) is 0 Å². The van der Waals surface area contributed by atoms with E-state index in [2.05, 4.69) is 5.32 Å². The minimum atomic E-state index is -5.44. The zero-order valence-electron chi connectivity index (χ0n) is 11.0. The lowest BCUT2D eigenvalue weighted by Gasteiger charge is -2.35. The van der Waals surface area contributed by atoms with Crippen LogP contribution in [-0.4, -0.2) is 36.3 Å². The summed E-state index contributed by atoms with van der Waals surface area (Å²) in [5.41, 5.74) is 1.59.